The van der Waals surface area contributed by atoms with Crippen LogP contribution in [-0.2, 0) is 11.3 Å². The van der Waals surface area contributed by atoms with Crippen LogP contribution >= 0.6 is 0 Å². The largest absolute Gasteiger partial charge is 0.489 e. The first-order chi connectivity index (χ1) is 14.3. The highest BCUT2D eigenvalue weighted by molar-refractivity contribution is 5.97. The molecule has 0 saturated heterocycles. The lowest BCUT2D eigenvalue weighted by atomic mass is 10.1. The zero-order valence-electron chi connectivity index (χ0n) is 17.6. The normalized spacial score (nSPS) is 11.2. The number of pyridine rings is 1. The van der Waals surface area contributed by atoms with Crippen LogP contribution in [0.5, 0.6) is 5.75 Å². The van der Waals surface area contributed by atoms with Gasteiger partial charge in [-0.15, -0.1) is 0 Å². The van der Waals surface area contributed by atoms with E-state index < -0.39 is 11.7 Å². The highest BCUT2D eigenvalue weighted by Gasteiger charge is 2.15. The van der Waals surface area contributed by atoms with Gasteiger partial charge >= 0.3 is 6.09 Å². The number of aromatic nitrogens is 1. The first-order valence-electron chi connectivity index (χ1n) is 9.87. The number of rotatable bonds is 7. The second kappa shape index (κ2) is 9.35. The van der Waals surface area contributed by atoms with Crippen molar-refractivity contribution in [3.05, 3.63) is 60.3 Å². The summed E-state index contributed by atoms with van der Waals surface area (Å²) < 4.78 is 11.1. The highest BCUT2D eigenvalue weighted by Crippen LogP contribution is 2.30. The van der Waals surface area contributed by atoms with Crippen molar-refractivity contribution in [2.45, 2.75) is 33.0 Å². The van der Waals surface area contributed by atoms with Gasteiger partial charge in [-0.25, -0.2) is 4.79 Å². The van der Waals surface area contributed by atoms with E-state index in [2.05, 4.69) is 15.6 Å². The smallest absolute Gasteiger partial charge is 0.407 e. The Morgan fingerprint density at radius 3 is 2.60 bits per heavy atom. The number of amides is 1. The van der Waals surface area contributed by atoms with Crippen molar-refractivity contribution in [3.8, 4) is 5.75 Å². The minimum absolute atomic E-state index is 0.399. The van der Waals surface area contributed by atoms with E-state index in [4.69, 9.17) is 15.2 Å². The van der Waals surface area contributed by atoms with Crippen LogP contribution in [0.3, 0.4) is 0 Å². The molecular weight excluding hydrogens is 380 g/mol. The van der Waals surface area contributed by atoms with Gasteiger partial charge in [0.1, 0.15) is 18.0 Å². The summed E-state index contributed by atoms with van der Waals surface area (Å²) in [5, 5.41) is 6.88. The number of fused-ring (bicyclic) bond motifs is 1. The number of nitrogens with zero attached hydrogens (tertiary/aromatic N) is 1. The maximum absolute atomic E-state index is 11.7. The van der Waals surface area contributed by atoms with E-state index >= 15 is 0 Å². The quantitative estimate of drug-likeness (QED) is 0.503. The zero-order valence-corrected chi connectivity index (χ0v) is 17.6. The highest BCUT2D eigenvalue weighted by atomic mass is 16.6. The van der Waals surface area contributed by atoms with Gasteiger partial charge in [-0.2, -0.15) is 0 Å². The summed E-state index contributed by atoms with van der Waals surface area (Å²) in [6, 6.07) is 15.7. The number of hydrogen-bond donors (Lipinski definition) is 3. The summed E-state index contributed by atoms with van der Waals surface area (Å²) in [6.07, 6.45) is 1.17. The van der Waals surface area contributed by atoms with Crippen LogP contribution in [0.2, 0.25) is 0 Å². The number of benzene rings is 2. The van der Waals surface area contributed by atoms with Crippen LogP contribution in [-0.4, -0.2) is 29.8 Å². The zero-order chi connectivity index (χ0) is 21.6. The predicted molar refractivity (Wildman–Crippen MR) is 120 cm³/mol. The van der Waals surface area contributed by atoms with Crippen LogP contribution in [0.4, 0.5) is 16.2 Å². The summed E-state index contributed by atoms with van der Waals surface area (Å²) in [6.45, 7) is 6.86. The van der Waals surface area contributed by atoms with Crippen molar-refractivity contribution in [2.75, 3.05) is 24.1 Å². The Labute approximate surface area is 176 Å². The molecule has 1 amide bonds. The number of carbonyl (C=O) groups is 1. The van der Waals surface area contributed by atoms with Crippen LogP contribution in [0.15, 0.2) is 54.7 Å². The van der Waals surface area contributed by atoms with Crippen molar-refractivity contribution >= 4 is 28.4 Å². The molecule has 3 aromatic rings. The summed E-state index contributed by atoms with van der Waals surface area (Å²) in [4.78, 5) is 16.2. The number of alkyl carbamates (subject to hydrolysis) is 1. The Bertz CT molecular complexity index is 1000. The monoisotopic (exact) mass is 408 g/mol. The van der Waals surface area contributed by atoms with Crippen molar-refractivity contribution in [3.63, 3.8) is 0 Å². The van der Waals surface area contributed by atoms with E-state index in [0.717, 1.165) is 27.9 Å². The molecule has 0 aliphatic carbocycles. The van der Waals surface area contributed by atoms with Gasteiger partial charge in [0.2, 0.25) is 0 Å². The van der Waals surface area contributed by atoms with Gasteiger partial charge in [0, 0.05) is 24.5 Å². The van der Waals surface area contributed by atoms with E-state index in [0.29, 0.717) is 25.4 Å². The van der Waals surface area contributed by atoms with Crippen molar-refractivity contribution < 1.29 is 14.3 Å². The molecule has 0 spiro atoms. The first kappa shape index (κ1) is 21.2. The standard InChI is InChI=1S/C23H28N4O3/c1-23(2,3)30-22(28)26-12-11-25-21-18-10-9-17(13-20(18)27-14-19(21)24)29-15-16-7-5-4-6-8-16/h4-10,13-14H,11-12,15,24H2,1-3H3,(H,25,27)(H,26,28). The van der Waals surface area contributed by atoms with E-state index in [-0.39, 0.29) is 0 Å². The van der Waals surface area contributed by atoms with Crippen LogP contribution in [0.25, 0.3) is 10.9 Å². The molecule has 3 rings (SSSR count). The summed E-state index contributed by atoms with van der Waals surface area (Å²) in [5.74, 6) is 0.737. The molecule has 1 heterocycles. The Morgan fingerprint density at radius 1 is 1.10 bits per heavy atom. The molecular formula is C23H28N4O3. The average molecular weight is 409 g/mol. The lowest BCUT2D eigenvalue weighted by molar-refractivity contribution is 0.0530. The molecule has 4 N–H and O–H groups in total. The fourth-order valence-corrected chi connectivity index (χ4v) is 2.88. The molecule has 0 aliphatic rings. The van der Waals surface area contributed by atoms with E-state index in [1.54, 1.807) is 6.20 Å². The number of nitrogen functional groups attached to an aromatic ring is 1. The Kier molecular flexibility index (Phi) is 6.61. The topological polar surface area (TPSA) is 98.5 Å². The van der Waals surface area contributed by atoms with Gasteiger partial charge in [0.15, 0.2) is 0 Å². The van der Waals surface area contributed by atoms with Crippen LogP contribution < -0.4 is 21.1 Å². The van der Waals surface area contributed by atoms with Gasteiger partial charge in [-0.1, -0.05) is 30.3 Å². The average Bonchev–Trinajstić information content (AvgIpc) is 2.70. The molecule has 7 heteroatoms. The maximum atomic E-state index is 11.7. The van der Waals surface area contributed by atoms with Crippen molar-refractivity contribution in [2.24, 2.45) is 0 Å². The molecule has 1 aromatic heterocycles. The minimum Gasteiger partial charge on any atom is -0.489 e. The Hall–Kier alpha value is -3.48. The second-order valence-corrected chi connectivity index (χ2v) is 7.90. The lowest BCUT2D eigenvalue weighted by Crippen LogP contribution is -2.35. The molecule has 0 aliphatic heterocycles. The van der Waals surface area contributed by atoms with Gasteiger partial charge < -0.3 is 25.8 Å². The number of hydrogen-bond acceptors (Lipinski definition) is 6. The molecule has 2 aromatic carbocycles. The van der Waals surface area contributed by atoms with Gasteiger partial charge in [0.25, 0.3) is 0 Å². The molecule has 0 saturated carbocycles. The fraction of sp³-hybridized carbons (Fsp3) is 0.304. The summed E-state index contributed by atoms with van der Waals surface area (Å²) in [7, 11) is 0. The number of anilines is 2. The molecule has 0 fully saturated rings. The Balaban J connectivity index is 1.62. The third-order valence-corrected chi connectivity index (χ3v) is 4.21. The van der Waals surface area contributed by atoms with Crippen molar-refractivity contribution in [1.82, 2.24) is 10.3 Å². The Morgan fingerprint density at radius 2 is 1.87 bits per heavy atom. The maximum Gasteiger partial charge on any atom is 0.407 e. The number of ether oxygens (including phenoxy) is 2. The first-order valence-corrected chi connectivity index (χ1v) is 9.87. The predicted octanol–water partition coefficient (Wildman–Crippen LogP) is 4.33. The fourth-order valence-electron chi connectivity index (χ4n) is 2.88. The minimum atomic E-state index is -0.524. The third kappa shape index (κ3) is 6.01. The molecule has 0 unspecified atom stereocenters. The van der Waals surface area contributed by atoms with Crippen LogP contribution in [0.1, 0.15) is 26.3 Å². The molecule has 0 bridgehead atoms. The number of carbonyl (C=O) groups excluding carboxylic acids is 1. The molecule has 0 radical (unpaired) electrons. The van der Waals surface area contributed by atoms with E-state index in [9.17, 15) is 4.79 Å². The van der Waals surface area contributed by atoms with E-state index in [1.165, 1.54) is 0 Å². The molecule has 158 valence electrons. The molecule has 30 heavy (non-hydrogen) atoms. The SMILES string of the molecule is CC(C)(C)OC(=O)NCCNc1c(N)cnc2cc(OCc3ccccc3)ccc12. The second-order valence-electron chi connectivity index (χ2n) is 7.90. The number of nitrogens with one attached hydrogen (secondary N) is 2. The summed E-state index contributed by atoms with van der Waals surface area (Å²) >= 11 is 0. The van der Waals surface area contributed by atoms with Gasteiger partial charge in [-0.3, -0.25) is 4.98 Å². The van der Waals surface area contributed by atoms with E-state index in [1.807, 2.05) is 69.3 Å². The third-order valence-electron chi connectivity index (χ3n) is 4.21. The molecule has 7 nitrogen and oxygen atoms in total. The summed E-state index contributed by atoms with van der Waals surface area (Å²) in [5.41, 5.74) is 8.79. The van der Waals surface area contributed by atoms with Crippen LogP contribution in [0, 0.1) is 0 Å². The van der Waals surface area contributed by atoms with Gasteiger partial charge in [-0.05, 0) is 38.5 Å². The van der Waals surface area contributed by atoms with Gasteiger partial charge in [0.05, 0.1) is 23.1 Å². The molecule has 0 atom stereocenters. The lowest BCUT2D eigenvalue weighted by Gasteiger charge is -2.20. The van der Waals surface area contributed by atoms with Crippen molar-refractivity contribution in [1.29, 1.82) is 0 Å². The number of nitrogens with two attached hydrogens (primary N) is 1.